The van der Waals surface area contributed by atoms with E-state index in [1.54, 1.807) is 0 Å². The monoisotopic (exact) mass is 306 g/mol. The molecule has 0 spiro atoms. The van der Waals surface area contributed by atoms with Crippen LogP contribution in [0.25, 0.3) is 22.3 Å². The largest absolute Gasteiger partial charge is 0.508 e. The van der Waals surface area contributed by atoms with Gasteiger partial charge in [-0.05, 0) is 24.3 Å². The van der Waals surface area contributed by atoms with Gasteiger partial charge in [-0.15, -0.1) is 0 Å². The summed E-state index contributed by atoms with van der Waals surface area (Å²) in [7, 11) is 0. The maximum atomic E-state index is 12.7. The van der Waals surface area contributed by atoms with E-state index < -0.39 is 17.2 Å². The smallest absolute Gasteiger partial charge is 0.416 e. The first kappa shape index (κ1) is 14.2. The highest BCUT2D eigenvalue weighted by Crippen LogP contribution is 2.32. The Morgan fingerprint density at radius 1 is 1.00 bits per heavy atom. The van der Waals surface area contributed by atoms with Gasteiger partial charge in [0.15, 0.2) is 5.43 Å². The van der Waals surface area contributed by atoms with Gasteiger partial charge in [0.1, 0.15) is 17.1 Å². The number of alkyl halides is 3. The van der Waals surface area contributed by atoms with Gasteiger partial charge in [-0.1, -0.05) is 12.1 Å². The second-order valence-corrected chi connectivity index (χ2v) is 4.73. The highest BCUT2D eigenvalue weighted by atomic mass is 19.4. The Morgan fingerprint density at radius 2 is 1.77 bits per heavy atom. The number of hydrogen-bond acceptors (Lipinski definition) is 3. The summed E-state index contributed by atoms with van der Waals surface area (Å²) in [6, 6.07) is 9.62. The van der Waals surface area contributed by atoms with Crippen LogP contribution in [0.15, 0.2) is 57.7 Å². The van der Waals surface area contributed by atoms with Crippen LogP contribution in [0, 0.1) is 0 Å². The topological polar surface area (TPSA) is 50.4 Å². The van der Waals surface area contributed by atoms with Gasteiger partial charge in [0.25, 0.3) is 0 Å². The molecule has 0 saturated heterocycles. The van der Waals surface area contributed by atoms with Crippen LogP contribution in [0.4, 0.5) is 13.2 Å². The molecule has 1 N–H and O–H groups in total. The number of hydrogen-bond donors (Lipinski definition) is 1. The molecule has 112 valence electrons. The highest BCUT2D eigenvalue weighted by Gasteiger charge is 2.30. The molecule has 0 bridgehead atoms. The van der Waals surface area contributed by atoms with Gasteiger partial charge < -0.3 is 9.52 Å². The molecule has 1 heterocycles. The molecular formula is C16H9F3O3. The Hall–Kier alpha value is -2.76. The highest BCUT2D eigenvalue weighted by molar-refractivity contribution is 5.80. The van der Waals surface area contributed by atoms with Crippen LogP contribution in [0.1, 0.15) is 5.56 Å². The molecule has 3 nitrogen and oxygen atoms in total. The van der Waals surface area contributed by atoms with Crippen LogP contribution >= 0.6 is 0 Å². The molecule has 3 aromatic rings. The van der Waals surface area contributed by atoms with Crippen molar-refractivity contribution in [2.45, 2.75) is 6.18 Å². The third kappa shape index (κ3) is 2.55. The molecule has 0 aliphatic rings. The third-order valence-electron chi connectivity index (χ3n) is 3.19. The first-order valence-corrected chi connectivity index (χ1v) is 6.29. The Labute approximate surface area is 122 Å². The fourth-order valence-electron chi connectivity index (χ4n) is 2.13. The number of rotatable bonds is 1. The SMILES string of the molecule is O=c1cc(-c2cccc(C(F)(F)F)c2)oc2cc(O)ccc12. The first-order valence-electron chi connectivity index (χ1n) is 6.29. The van der Waals surface area contributed by atoms with Crippen molar-refractivity contribution in [2.24, 2.45) is 0 Å². The molecular weight excluding hydrogens is 297 g/mol. The zero-order valence-corrected chi connectivity index (χ0v) is 11.0. The van der Waals surface area contributed by atoms with E-state index in [-0.39, 0.29) is 28.0 Å². The minimum atomic E-state index is -4.48. The maximum Gasteiger partial charge on any atom is 0.416 e. The fourth-order valence-corrected chi connectivity index (χ4v) is 2.13. The summed E-state index contributed by atoms with van der Waals surface area (Å²) in [5, 5.41) is 9.67. The van der Waals surface area contributed by atoms with E-state index >= 15 is 0 Å². The van der Waals surface area contributed by atoms with Gasteiger partial charge in [0, 0.05) is 17.7 Å². The van der Waals surface area contributed by atoms with Gasteiger partial charge in [-0.25, -0.2) is 0 Å². The van der Waals surface area contributed by atoms with Crippen molar-refractivity contribution in [3.8, 4) is 17.1 Å². The average molecular weight is 306 g/mol. The molecule has 0 aliphatic carbocycles. The van der Waals surface area contributed by atoms with Crippen LogP contribution < -0.4 is 5.43 Å². The van der Waals surface area contributed by atoms with Crippen LogP contribution in [0.5, 0.6) is 5.75 Å². The quantitative estimate of drug-likeness (QED) is 0.733. The number of aromatic hydroxyl groups is 1. The molecule has 3 rings (SSSR count). The standard InChI is InChI=1S/C16H9F3O3/c17-16(18,19)10-3-1-2-9(6-10)14-8-13(21)12-5-4-11(20)7-15(12)22-14/h1-8,20H. The van der Waals surface area contributed by atoms with Crippen LogP contribution in [-0.4, -0.2) is 5.11 Å². The second kappa shape index (κ2) is 4.91. The summed E-state index contributed by atoms with van der Waals surface area (Å²) < 4.78 is 43.7. The molecule has 0 amide bonds. The third-order valence-corrected chi connectivity index (χ3v) is 3.19. The van der Waals surface area contributed by atoms with Crippen molar-refractivity contribution >= 4 is 11.0 Å². The van der Waals surface area contributed by atoms with Crippen molar-refractivity contribution in [1.29, 1.82) is 0 Å². The normalized spacial score (nSPS) is 11.8. The lowest BCUT2D eigenvalue weighted by molar-refractivity contribution is -0.137. The maximum absolute atomic E-state index is 12.7. The Bertz CT molecular complexity index is 910. The van der Waals surface area contributed by atoms with E-state index in [1.165, 1.54) is 30.3 Å². The second-order valence-electron chi connectivity index (χ2n) is 4.73. The van der Waals surface area contributed by atoms with Gasteiger partial charge in [-0.2, -0.15) is 13.2 Å². The minimum absolute atomic E-state index is 0.00852. The Morgan fingerprint density at radius 3 is 2.50 bits per heavy atom. The summed E-state index contributed by atoms with van der Waals surface area (Å²) in [5.74, 6) is -0.0916. The lowest BCUT2D eigenvalue weighted by Crippen LogP contribution is -2.05. The van der Waals surface area contributed by atoms with E-state index in [0.717, 1.165) is 18.2 Å². The van der Waals surface area contributed by atoms with Crippen molar-refractivity contribution < 1.29 is 22.7 Å². The van der Waals surface area contributed by atoms with E-state index in [1.807, 2.05) is 0 Å². The van der Waals surface area contributed by atoms with Gasteiger partial charge in [0.05, 0.1) is 10.9 Å². The van der Waals surface area contributed by atoms with Crippen molar-refractivity contribution in [3.63, 3.8) is 0 Å². The lowest BCUT2D eigenvalue weighted by atomic mass is 10.1. The van der Waals surface area contributed by atoms with Crippen molar-refractivity contribution in [3.05, 3.63) is 64.3 Å². The summed E-state index contributed by atoms with van der Waals surface area (Å²) >= 11 is 0. The molecule has 0 atom stereocenters. The molecule has 22 heavy (non-hydrogen) atoms. The number of benzene rings is 2. The van der Waals surface area contributed by atoms with Crippen molar-refractivity contribution in [1.82, 2.24) is 0 Å². The Balaban J connectivity index is 2.20. The van der Waals surface area contributed by atoms with Crippen molar-refractivity contribution in [2.75, 3.05) is 0 Å². The fraction of sp³-hybridized carbons (Fsp3) is 0.0625. The van der Waals surface area contributed by atoms with E-state index in [4.69, 9.17) is 4.42 Å². The van der Waals surface area contributed by atoms with Gasteiger partial charge >= 0.3 is 6.18 Å². The number of halogens is 3. The predicted molar refractivity (Wildman–Crippen MR) is 74.6 cm³/mol. The zero-order chi connectivity index (χ0) is 15.9. The predicted octanol–water partition coefficient (Wildman–Crippen LogP) is 4.18. The summed E-state index contributed by atoms with van der Waals surface area (Å²) in [5.41, 5.74) is -0.977. The molecule has 6 heteroatoms. The molecule has 2 aromatic carbocycles. The van der Waals surface area contributed by atoms with E-state index in [9.17, 15) is 23.1 Å². The number of phenolic OH excluding ortho intramolecular Hbond substituents is 1. The van der Waals surface area contributed by atoms with Crippen LogP contribution in [0.3, 0.4) is 0 Å². The summed E-state index contributed by atoms with van der Waals surface area (Å²) in [6.45, 7) is 0. The number of fused-ring (bicyclic) bond motifs is 1. The Kier molecular flexibility index (Phi) is 3.16. The summed E-state index contributed by atoms with van der Waals surface area (Å²) in [6.07, 6.45) is -4.48. The average Bonchev–Trinajstić information content (AvgIpc) is 2.46. The molecule has 0 aliphatic heterocycles. The first-order chi connectivity index (χ1) is 10.3. The van der Waals surface area contributed by atoms with Gasteiger partial charge in [-0.3, -0.25) is 4.79 Å². The van der Waals surface area contributed by atoms with Crippen LogP contribution in [-0.2, 0) is 6.18 Å². The van der Waals surface area contributed by atoms with E-state index in [2.05, 4.69) is 0 Å². The van der Waals surface area contributed by atoms with E-state index in [0.29, 0.717) is 0 Å². The molecule has 0 radical (unpaired) electrons. The van der Waals surface area contributed by atoms with Crippen LogP contribution in [0.2, 0.25) is 0 Å². The molecule has 0 saturated carbocycles. The molecule has 0 fully saturated rings. The summed E-state index contributed by atoms with van der Waals surface area (Å²) in [4.78, 5) is 12.0. The number of phenols is 1. The minimum Gasteiger partial charge on any atom is -0.508 e. The molecule has 1 aromatic heterocycles. The zero-order valence-electron chi connectivity index (χ0n) is 11.0. The lowest BCUT2D eigenvalue weighted by Gasteiger charge is -2.08. The van der Waals surface area contributed by atoms with Gasteiger partial charge in [0.2, 0.25) is 0 Å². The molecule has 0 unspecified atom stereocenters.